The lowest BCUT2D eigenvalue weighted by atomic mass is 10.2. The molecule has 1 aliphatic rings. The van der Waals surface area contributed by atoms with Crippen molar-refractivity contribution >= 4 is 28.1 Å². The summed E-state index contributed by atoms with van der Waals surface area (Å²) in [5, 5.41) is 11.7. The van der Waals surface area contributed by atoms with Gasteiger partial charge in [-0.05, 0) is 37.2 Å². The highest BCUT2D eigenvalue weighted by Gasteiger charge is 2.28. The van der Waals surface area contributed by atoms with Crippen molar-refractivity contribution in [1.82, 2.24) is 15.1 Å². The molecule has 0 aliphatic carbocycles. The zero-order valence-corrected chi connectivity index (χ0v) is 15.3. The van der Waals surface area contributed by atoms with Gasteiger partial charge in [0, 0.05) is 30.6 Å². The molecule has 0 spiro atoms. The maximum absolute atomic E-state index is 5.93. The number of anilines is 1. The number of aromatic nitrogens is 2. The van der Waals surface area contributed by atoms with E-state index in [1.807, 2.05) is 12.1 Å². The quantitative estimate of drug-likeness (QED) is 0.795. The molecule has 0 bridgehead atoms. The first-order valence-electron chi connectivity index (χ1n) is 8.25. The Kier molecular flexibility index (Phi) is 5.51. The van der Waals surface area contributed by atoms with E-state index in [1.165, 1.54) is 12.0 Å². The summed E-state index contributed by atoms with van der Waals surface area (Å²) in [5.74, 6) is 0. The number of rotatable bonds is 6. The Morgan fingerprint density at radius 3 is 2.65 bits per heavy atom. The van der Waals surface area contributed by atoms with Gasteiger partial charge in [0.05, 0.1) is 0 Å². The van der Waals surface area contributed by atoms with Gasteiger partial charge >= 0.3 is 0 Å². The Bertz CT molecular complexity index is 624. The van der Waals surface area contributed by atoms with Crippen molar-refractivity contribution in [2.75, 3.05) is 31.1 Å². The highest BCUT2D eigenvalue weighted by molar-refractivity contribution is 7.15. The Morgan fingerprint density at radius 2 is 1.96 bits per heavy atom. The lowest BCUT2D eigenvalue weighted by molar-refractivity contribution is 0.232. The van der Waals surface area contributed by atoms with E-state index in [2.05, 4.69) is 46.0 Å². The molecule has 6 heteroatoms. The Balaban J connectivity index is 1.62. The zero-order valence-electron chi connectivity index (χ0n) is 13.7. The second kappa shape index (κ2) is 7.60. The highest BCUT2D eigenvalue weighted by atomic mass is 35.5. The molecule has 1 saturated heterocycles. The van der Waals surface area contributed by atoms with Crippen LogP contribution in [0.5, 0.6) is 0 Å². The molecular weight excluding hydrogens is 328 g/mol. The number of hydrogen-bond donors (Lipinski definition) is 0. The molecule has 2 heterocycles. The Morgan fingerprint density at radius 1 is 1.22 bits per heavy atom. The van der Waals surface area contributed by atoms with Crippen molar-refractivity contribution in [3.05, 3.63) is 39.9 Å². The SMILES string of the molecule is CCN(CC)C1CCN(c2nnc(Cc3ccc(Cl)cc3)s2)C1. The van der Waals surface area contributed by atoms with E-state index in [4.69, 9.17) is 11.6 Å². The third-order valence-electron chi connectivity index (χ3n) is 4.49. The predicted molar refractivity (Wildman–Crippen MR) is 97.7 cm³/mol. The molecule has 1 aromatic heterocycles. The normalized spacial score (nSPS) is 18.1. The fraction of sp³-hybridized carbons (Fsp3) is 0.529. The highest BCUT2D eigenvalue weighted by Crippen LogP contribution is 2.27. The van der Waals surface area contributed by atoms with E-state index in [0.717, 1.165) is 47.8 Å². The van der Waals surface area contributed by atoms with Crippen LogP contribution in [0.2, 0.25) is 5.02 Å². The molecule has 23 heavy (non-hydrogen) atoms. The van der Waals surface area contributed by atoms with Gasteiger partial charge in [-0.25, -0.2) is 0 Å². The number of likely N-dealkylation sites (N-methyl/N-ethyl adjacent to an activating group) is 1. The fourth-order valence-corrected chi connectivity index (χ4v) is 4.21. The summed E-state index contributed by atoms with van der Waals surface area (Å²) in [6.07, 6.45) is 2.04. The summed E-state index contributed by atoms with van der Waals surface area (Å²) in [6, 6.07) is 8.60. The van der Waals surface area contributed by atoms with E-state index < -0.39 is 0 Å². The average Bonchev–Trinajstić information content (AvgIpc) is 3.20. The van der Waals surface area contributed by atoms with Gasteiger partial charge in [-0.15, -0.1) is 10.2 Å². The van der Waals surface area contributed by atoms with E-state index in [9.17, 15) is 0 Å². The first kappa shape index (κ1) is 16.7. The molecule has 1 unspecified atom stereocenters. The molecule has 1 fully saturated rings. The smallest absolute Gasteiger partial charge is 0.208 e. The van der Waals surface area contributed by atoms with Gasteiger partial charge in [-0.1, -0.05) is 48.9 Å². The van der Waals surface area contributed by atoms with Gasteiger partial charge in [0.2, 0.25) is 5.13 Å². The molecule has 1 aromatic carbocycles. The van der Waals surface area contributed by atoms with Crippen LogP contribution < -0.4 is 4.90 Å². The van der Waals surface area contributed by atoms with Crippen molar-refractivity contribution in [3.8, 4) is 0 Å². The van der Waals surface area contributed by atoms with Crippen molar-refractivity contribution in [1.29, 1.82) is 0 Å². The largest absolute Gasteiger partial charge is 0.345 e. The second-order valence-electron chi connectivity index (χ2n) is 5.89. The van der Waals surface area contributed by atoms with E-state index >= 15 is 0 Å². The van der Waals surface area contributed by atoms with Gasteiger partial charge in [0.1, 0.15) is 5.01 Å². The van der Waals surface area contributed by atoms with Crippen molar-refractivity contribution < 1.29 is 0 Å². The number of nitrogens with zero attached hydrogens (tertiary/aromatic N) is 4. The molecule has 0 radical (unpaired) electrons. The summed E-state index contributed by atoms with van der Waals surface area (Å²) in [7, 11) is 0. The molecule has 2 aromatic rings. The average molecular weight is 351 g/mol. The molecule has 0 N–H and O–H groups in total. The van der Waals surface area contributed by atoms with E-state index in [1.54, 1.807) is 11.3 Å². The summed E-state index contributed by atoms with van der Waals surface area (Å²) < 4.78 is 0. The minimum Gasteiger partial charge on any atom is -0.345 e. The number of hydrogen-bond acceptors (Lipinski definition) is 5. The molecule has 1 aliphatic heterocycles. The second-order valence-corrected chi connectivity index (χ2v) is 7.37. The number of benzene rings is 1. The Labute approximate surface area is 147 Å². The third kappa shape index (κ3) is 4.03. The van der Waals surface area contributed by atoms with Gasteiger partial charge in [0.15, 0.2) is 0 Å². The lowest BCUT2D eigenvalue weighted by Gasteiger charge is -2.25. The predicted octanol–water partition coefficient (Wildman–Crippen LogP) is 3.70. The van der Waals surface area contributed by atoms with Crippen LogP contribution in [0.15, 0.2) is 24.3 Å². The standard InChI is InChI=1S/C17H23ClN4S/c1-3-21(4-2)15-9-10-22(12-15)17-20-19-16(23-17)11-13-5-7-14(18)8-6-13/h5-8,15H,3-4,9-12H2,1-2H3. The molecule has 124 valence electrons. The van der Waals surface area contributed by atoms with Gasteiger partial charge in [-0.2, -0.15) is 0 Å². The summed E-state index contributed by atoms with van der Waals surface area (Å²) in [4.78, 5) is 4.92. The number of halogens is 1. The molecule has 0 amide bonds. The third-order valence-corrected chi connectivity index (χ3v) is 5.72. The summed E-state index contributed by atoms with van der Waals surface area (Å²) in [6.45, 7) is 8.86. The van der Waals surface area contributed by atoms with Crippen LogP contribution in [0.25, 0.3) is 0 Å². The molecule has 0 saturated carbocycles. The molecule has 4 nitrogen and oxygen atoms in total. The van der Waals surface area contributed by atoms with Crippen LogP contribution in [-0.2, 0) is 6.42 Å². The van der Waals surface area contributed by atoms with Crippen LogP contribution >= 0.6 is 22.9 Å². The topological polar surface area (TPSA) is 32.3 Å². The molecular formula is C17H23ClN4S. The monoisotopic (exact) mass is 350 g/mol. The minimum absolute atomic E-state index is 0.647. The minimum atomic E-state index is 0.647. The van der Waals surface area contributed by atoms with Crippen LogP contribution in [0.1, 0.15) is 30.8 Å². The van der Waals surface area contributed by atoms with Crippen LogP contribution in [0.4, 0.5) is 5.13 Å². The molecule has 1 atom stereocenters. The van der Waals surface area contributed by atoms with E-state index in [0.29, 0.717) is 6.04 Å². The fourth-order valence-electron chi connectivity index (χ4n) is 3.17. The van der Waals surface area contributed by atoms with Crippen molar-refractivity contribution in [2.45, 2.75) is 32.7 Å². The van der Waals surface area contributed by atoms with Gasteiger partial charge < -0.3 is 4.90 Å². The van der Waals surface area contributed by atoms with Crippen LogP contribution in [-0.4, -0.2) is 47.3 Å². The lowest BCUT2D eigenvalue weighted by Crippen LogP contribution is -2.37. The molecule has 3 rings (SSSR count). The van der Waals surface area contributed by atoms with Crippen molar-refractivity contribution in [2.24, 2.45) is 0 Å². The zero-order chi connectivity index (χ0) is 16.2. The Hall–Kier alpha value is -1.17. The van der Waals surface area contributed by atoms with Crippen LogP contribution in [0.3, 0.4) is 0 Å². The maximum atomic E-state index is 5.93. The summed E-state index contributed by atoms with van der Waals surface area (Å²) in [5.41, 5.74) is 1.22. The summed E-state index contributed by atoms with van der Waals surface area (Å²) >= 11 is 7.64. The first-order chi connectivity index (χ1) is 11.2. The van der Waals surface area contributed by atoms with Gasteiger partial charge in [-0.3, -0.25) is 4.90 Å². The van der Waals surface area contributed by atoms with Crippen LogP contribution in [0, 0.1) is 0 Å². The first-order valence-corrected chi connectivity index (χ1v) is 9.44. The maximum Gasteiger partial charge on any atom is 0.208 e. The van der Waals surface area contributed by atoms with E-state index in [-0.39, 0.29) is 0 Å². The van der Waals surface area contributed by atoms with Crippen molar-refractivity contribution in [3.63, 3.8) is 0 Å². The van der Waals surface area contributed by atoms with Gasteiger partial charge in [0.25, 0.3) is 0 Å².